The Bertz CT molecular complexity index is 194. The van der Waals surface area contributed by atoms with E-state index in [9.17, 15) is 0 Å². The number of hydrogen-bond donors (Lipinski definition) is 1. The first-order chi connectivity index (χ1) is 7.27. The summed E-state index contributed by atoms with van der Waals surface area (Å²) in [7, 11) is 4.05. The fourth-order valence-electron chi connectivity index (χ4n) is 3.24. The molecule has 0 spiro atoms. The molecule has 3 nitrogen and oxygen atoms in total. The second-order valence-corrected chi connectivity index (χ2v) is 5.20. The molecule has 15 heavy (non-hydrogen) atoms. The monoisotopic (exact) mass is 212 g/mol. The number of ether oxygens (including phenoxy) is 1. The summed E-state index contributed by atoms with van der Waals surface area (Å²) in [4.78, 5) is 2.44. The van der Waals surface area contributed by atoms with Crippen molar-refractivity contribution in [3.63, 3.8) is 0 Å². The van der Waals surface area contributed by atoms with Gasteiger partial charge in [0, 0.05) is 12.6 Å². The molecule has 0 aromatic rings. The summed E-state index contributed by atoms with van der Waals surface area (Å²) < 4.78 is 5.43. The van der Waals surface area contributed by atoms with Gasteiger partial charge in [0.15, 0.2) is 0 Å². The molecule has 1 N–H and O–H groups in total. The van der Waals surface area contributed by atoms with Gasteiger partial charge in [-0.1, -0.05) is 0 Å². The predicted molar refractivity (Wildman–Crippen MR) is 62.1 cm³/mol. The van der Waals surface area contributed by atoms with Crippen molar-refractivity contribution in [2.75, 3.05) is 40.4 Å². The quantitative estimate of drug-likeness (QED) is 0.758. The van der Waals surface area contributed by atoms with Gasteiger partial charge in [0.05, 0.1) is 6.61 Å². The van der Waals surface area contributed by atoms with E-state index >= 15 is 0 Å². The first-order valence-corrected chi connectivity index (χ1v) is 6.19. The van der Waals surface area contributed by atoms with E-state index < -0.39 is 0 Å². The minimum absolute atomic E-state index is 0.302. The van der Waals surface area contributed by atoms with Crippen LogP contribution in [0.5, 0.6) is 0 Å². The third kappa shape index (κ3) is 2.35. The molecule has 3 heteroatoms. The summed E-state index contributed by atoms with van der Waals surface area (Å²) in [6, 6.07) is 0. The molecular formula is C12H24N2O. The number of nitrogens with one attached hydrogen (secondary N) is 1. The highest BCUT2D eigenvalue weighted by Crippen LogP contribution is 2.34. The smallest absolute Gasteiger partial charge is 0.0647 e. The van der Waals surface area contributed by atoms with Gasteiger partial charge >= 0.3 is 0 Å². The summed E-state index contributed by atoms with van der Waals surface area (Å²) in [6.07, 6.45) is 5.27. The maximum absolute atomic E-state index is 5.43. The molecule has 2 rings (SSSR count). The topological polar surface area (TPSA) is 24.5 Å². The van der Waals surface area contributed by atoms with Crippen LogP contribution in [0.1, 0.15) is 25.7 Å². The Hall–Kier alpha value is -0.120. The van der Waals surface area contributed by atoms with Crippen LogP contribution < -0.4 is 5.32 Å². The van der Waals surface area contributed by atoms with Crippen molar-refractivity contribution in [3.8, 4) is 0 Å². The second kappa shape index (κ2) is 4.81. The minimum atomic E-state index is 0.302. The van der Waals surface area contributed by atoms with Crippen LogP contribution in [0, 0.1) is 5.92 Å². The molecule has 0 amide bonds. The number of hydrogen-bond acceptors (Lipinski definition) is 3. The van der Waals surface area contributed by atoms with Crippen LogP contribution in [0.3, 0.4) is 0 Å². The zero-order chi connectivity index (χ0) is 10.7. The predicted octanol–water partition coefficient (Wildman–Crippen LogP) is 1.10. The van der Waals surface area contributed by atoms with Gasteiger partial charge in [-0.05, 0) is 58.3 Å². The molecule has 2 saturated heterocycles. The normalized spacial score (nSPS) is 34.8. The summed E-state index contributed by atoms with van der Waals surface area (Å²) in [5.74, 6) is 0.816. The van der Waals surface area contributed by atoms with Gasteiger partial charge in [0.2, 0.25) is 0 Å². The highest BCUT2D eigenvalue weighted by atomic mass is 16.5. The largest absolute Gasteiger partial charge is 0.383 e. The molecule has 0 aliphatic carbocycles. The fraction of sp³-hybridized carbons (Fsp3) is 1.00. The summed E-state index contributed by atoms with van der Waals surface area (Å²) in [6.45, 7) is 4.56. The van der Waals surface area contributed by atoms with Gasteiger partial charge in [0.1, 0.15) is 0 Å². The molecule has 2 fully saturated rings. The lowest BCUT2D eigenvalue weighted by molar-refractivity contribution is 0.0522. The van der Waals surface area contributed by atoms with Crippen molar-refractivity contribution in [1.29, 1.82) is 0 Å². The summed E-state index contributed by atoms with van der Waals surface area (Å²) in [5.41, 5.74) is 0.302. The van der Waals surface area contributed by atoms with Crippen molar-refractivity contribution >= 4 is 0 Å². The molecule has 0 saturated carbocycles. The first kappa shape index (κ1) is 11.4. The summed E-state index contributed by atoms with van der Waals surface area (Å²) >= 11 is 0. The van der Waals surface area contributed by atoms with Crippen LogP contribution in [-0.4, -0.2) is 50.8 Å². The molecule has 88 valence electrons. The molecule has 1 unspecified atom stereocenters. The van der Waals surface area contributed by atoms with Gasteiger partial charge in [-0.15, -0.1) is 0 Å². The lowest BCUT2D eigenvalue weighted by Crippen LogP contribution is -2.53. The third-order valence-corrected chi connectivity index (χ3v) is 4.18. The number of piperidine rings is 1. The van der Waals surface area contributed by atoms with Gasteiger partial charge in [0.25, 0.3) is 0 Å². The van der Waals surface area contributed by atoms with Crippen LogP contribution in [0.4, 0.5) is 0 Å². The Kier molecular flexibility index (Phi) is 3.65. The fourth-order valence-corrected chi connectivity index (χ4v) is 3.24. The number of nitrogens with zero attached hydrogens (tertiary/aromatic N) is 1. The first-order valence-electron chi connectivity index (χ1n) is 6.19. The van der Waals surface area contributed by atoms with Crippen molar-refractivity contribution in [1.82, 2.24) is 10.2 Å². The number of methoxy groups -OCH3 is 1. The van der Waals surface area contributed by atoms with Gasteiger partial charge in [-0.3, -0.25) is 0 Å². The maximum Gasteiger partial charge on any atom is 0.0647 e. The van der Waals surface area contributed by atoms with Crippen LogP contribution in [0.15, 0.2) is 0 Å². The van der Waals surface area contributed by atoms with E-state index in [-0.39, 0.29) is 0 Å². The highest BCUT2D eigenvalue weighted by molar-refractivity contribution is 4.99. The van der Waals surface area contributed by atoms with Gasteiger partial charge in [-0.25, -0.2) is 0 Å². The average Bonchev–Trinajstić information content (AvgIpc) is 2.69. The van der Waals surface area contributed by atoms with Crippen LogP contribution >= 0.6 is 0 Å². The number of rotatable bonds is 3. The Labute approximate surface area is 93.2 Å². The van der Waals surface area contributed by atoms with Crippen LogP contribution in [0.2, 0.25) is 0 Å². The minimum Gasteiger partial charge on any atom is -0.383 e. The van der Waals surface area contributed by atoms with Crippen LogP contribution in [0.25, 0.3) is 0 Å². The van der Waals surface area contributed by atoms with Crippen molar-refractivity contribution in [3.05, 3.63) is 0 Å². The lowest BCUT2D eigenvalue weighted by Gasteiger charge is -2.41. The standard InChI is InChI=1S/C12H24N2O/c1-14-8-4-11(5-9-14)12(10-15-2)6-3-7-13-12/h11,13H,3-10H2,1-2H3. The average molecular weight is 212 g/mol. The van der Waals surface area contributed by atoms with E-state index in [0.717, 1.165) is 12.5 Å². The molecule has 2 heterocycles. The Morgan fingerprint density at radius 1 is 1.40 bits per heavy atom. The van der Waals surface area contributed by atoms with Crippen molar-refractivity contribution in [2.45, 2.75) is 31.2 Å². The van der Waals surface area contributed by atoms with E-state index in [0.29, 0.717) is 5.54 Å². The zero-order valence-electron chi connectivity index (χ0n) is 10.1. The molecule has 0 aromatic heterocycles. The molecule has 0 bridgehead atoms. The van der Waals surface area contributed by atoms with E-state index in [4.69, 9.17) is 4.74 Å². The SMILES string of the molecule is COCC1(C2CCN(C)CC2)CCCN1. The van der Waals surface area contributed by atoms with Crippen molar-refractivity contribution < 1.29 is 4.74 Å². The lowest BCUT2D eigenvalue weighted by atomic mass is 9.77. The molecule has 1 atom stereocenters. The Morgan fingerprint density at radius 3 is 2.67 bits per heavy atom. The highest BCUT2D eigenvalue weighted by Gasteiger charge is 2.41. The Balaban J connectivity index is 1.98. The molecule has 2 aliphatic rings. The third-order valence-electron chi connectivity index (χ3n) is 4.18. The van der Waals surface area contributed by atoms with E-state index in [1.807, 2.05) is 7.11 Å². The maximum atomic E-state index is 5.43. The van der Waals surface area contributed by atoms with Gasteiger partial charge < -0.3 is 15.0 Å². The molecule has 0 aromatic carbocycles. The van der Waals surface area contributed by atoms with Crippen LogP contribution in [-0.2, 0) is 4.74 Å². The molecule has 2 aliphatic heterocycles. The van der Waals surface area contributed by atoms with E-state index in [2.05, 4.69) is 17.3 Å². The van der Waals surface area contributed by atoms with Crippen molar-refractivity contribution in [2.24, 2.45) is 5.92 Å². The molecular weight excluding hydrogens is 188 g/mol. The molecule has 0 radical (unpaired) electrons. The second-order valence-electron chi connectivity index (χ2n) is 5.20. The van der Waals surface area contributed by atoms with E-state index in [1.54, 1.807) is 0 Å². The Morgan fingerprint density at radius 2 is 2.13 bits per heavy atom. The number of likely N-dealkylation sites (tertiary alicyclic amines) is 1. The zero-order valence-corrected chi connectivity index (χ0v) is 10.1. The summed E-state index contributed by atoms with van der Waals surface area (Å²) in [5, 5.41) is 3.71. The van der Waals surface area contributed by atoms with Gasteiger partial charge in [-0.2, -0.15) is 0 Å². The van der Waals surface area contributed by atoms with E-state index in [1.165, 1.54) is 45.3 Å².